The maximum Gasteiger partial charge on any atom is 0.223 e. The van der Waals surface area contributed by atoms with E-state index in [1.54, 1.807) is 14.0 Å². The van der Waals surface area contributed by atoms with E-state index in [0.29, 0.717) is 24.3 Å². The van der Waals surface area contributed by atoms with E-state index in [1.807, 2.05) is 6.07 Å². The largest absolute Gasteiger partial charge is 0.369 e. The van der Waals surface area contributed by atoms with Crippen molar-refractivity contribution >= 4 is 35.6 Å². The highest BCUT2D eigenvalue weighted by Crippen LogP contribution is 2.19. The minimum absolute atomic E-state index is 0. The van der Waals surface area contributed by atoms with Gasteiger partial charge < -0.3 is 20.1 Å². The molecule has 1 unspecified atom stereocenters. The van der Waals surface area contributed by atoms with Crippen LogP contribution in [-0.2, 0) is 6.54 Å². The summed E-state index contributed by atoms with van der Waals surface area (Å²) in [5, 5.41) is 10.5. The van der Waals surface area contributed by atoms with Crippen molar-refractivity contribution in [3.63, 3.8) is 0 Å². The standard InChI is InChI=1S/C16H22N6O.HI/c1-12-19-15(21-23-12)10-18-16(17-2)20-13-8-9-22(11-13)14-6-4-3-5-7-14;/h3-7,13H,8-11H2,1-2H3,(H2,17,18,20);1H. The molecule has 1 fully saturated rings. The number of nitrogens with one attached hydrogen (secondary N) is 2. The first kappa shape index (κ1) is 18.5. The molecule has 0 amide bonds. The van der Waals surface area contributed by atoms with Gasteiger partial charge in [0, 0.05) is 38.8 Å². The Morgan fingerprint density at radius 1 is 1.38 bits per heavy atom. The van der Waals surface area contributed by atoms with Gasteiger partial charge in [0.05, 0.1) is 6.54 Å². The number of halogens is 1. The van der Waals surface area contributed by atoms with E-state index in [2.05, 4.69) is 54.9 Å². The smallest absolute Gasteiger partial charge is 0.223 e. The van der Waals surface area contributed by atoms with Gasteiger partial charge in [-0.05, 0) is 18.6 Å². The zero-order chi connectivity index (χ0) is 16.1. The van der Waals surface area contributed by atoms with Crippen LogP contribution in [0.5, 0.6) is 0 Å². The molecule has 7 nitrogen and oxygen atoms in total. The molecule has 1 atom stereocenters. The van der Waals surface area contributed by atoms with Gasteiger partial charge in [0.2, 0.25) is 5.89 Å². The van der Waals surface area contributed by atoms with Gasteiger partial charge in [0.15, 0.2) is 11.8 Å². The number of hydrogen-bond acceptors (Lipinski definition) is 5. The summed E-state index contributed by atoms with van der Waals surface area (Å²) < 4.78 is 4.96. The van der Waals surface area contributed by atoms with E-state index in [-0.39, 0.29) is 24.0 Å². The average molecular weight is 442 g/mol. The van der Waals surface area contributed by atoms with Crippen LogP contribution in [0, 0.1) is 6.92 Å². The highest BCUT2D eigenvalue weighted by molar-refractivity contribution is 14.0. The van der Waals surface area contributed by atoms with Crippen molar-refractivity contribution < 1.29 is 4.52 Å². The Labute approximate surface area is 158 Å². The third-order valence-electron chi connectivity index (χ3n) is 3.86. The van der Waals surface area contributed by atoms with Crippen LogP contribution < -0.4 is 15.5 Å². The van der Waals surface area contributed by atoms with Crippen molar-refractivity contribution in [3.05, 3.63) is 42.0 Å². The van der Waals surface area contributed by atoms with E-state index < -0.39 is 0 Å². The summed E-state index contributed by atoms with van der Waals surface area (Å²) in [5.41, 5.74) is 1.27. The fourth-order valence-corrected chi connectivity index (χ4v) is 2.72. The molecule has 1 aliphatic heterocycles. The average Bonchev–Trinajstić information content (AvgIpc) is 3.21. The van der Waals surface area contributed by atoms with Crippen LogP contribution in [0.2, 0.25) is 0 Å². The lowest BCUT2D eigenvalue weighted by atomic mass is 10.3. The van der Waals surface area contributed by atoms with Crippen LogP contribution in [0.3, 0.4) is 0 Å². The molecular formula is C16H23IN6O. The summed E-state index contributed by atoms with van der Waals surface area (Å²) in [5.74, 6) is 1.95. The summed E-state index contributed by atoms with van der Waals surface area (Å²) in [6.07, 6.45) is 1.08. The van der Waals surface area contributed by atoms with Crippen molar-refractivity contribution in [3.8, 4) is 0 Å². The van der Waals surface area contributed by atoms with Gasteiger partial charge in [-0.3, -0.25) is 4.99 Å². The molecule has 2 heterocycles. The summed E-state index contributed by atoms with van der Waals surface area (Å²) in [6.45, 7) is 4.28. The minimum atomic E-state index is 0. The predicted molar refractivity (Wildman–Crippen MR) is 105 cm³/mol. The third-order valence-corrected chi connectivity index (χ3v) is 3.86. The molecule has 0 saturated carbocycles. The van der Waals surface area contributed by atoms with Crippen LogP contribution in [0.15, 0.2) is 39.8 Å². The topological polar surface area (TPSA) is 78.6 Å². The number of anilines is 1. The highest BCUT2D eigenvalue weighted by atomic mass is 127. The van der Waals surface area contributed by atoms with Crippen LogP contribution >= 0.6 is 24.0 Å². The Balaban J connectivity index is 0.00000208. The quantitative estimate of drug-likeness (QED) is 0.428. The van der Waals surface area contributed by atoms with E-state index in [4.69, 9.17) is 4.52 Å². The molecule has 24 heavy (non-hydrogen) atoms. The lowest BCUT2D eigenvalue weighted by Crippen LogP contribution is -2.44. The van der Waals surface area contributed by atoms with Gasteiger partial charge in [-0.1, -0.05) is 23.4 Å². The van der Waals surface area contributed by atoms with Gasteiger partial charge in [-0.2, -0.15) is 4.98 Å². The van der Waals surface area contributed by atoms with Gasteiger partial charge >= 0.3 is 0 Å². The Morgan fingerprint density at radius 3 is 2.83 bits per heavy atom. The summed E-state index contributed by atoms with van der Waals surface area (Å²) in [6, 6.07) is 10.9. The Hall–Kier alpha value is -1.84. The van der Waals surface area contributed by atoms with Gasteiger partial charge in [0.1, 0.15) is 0 Å². The summed E-state index contributed by atoms with van der Waals surface area (Å²) >= 11 is 0. The number of hydrogen-bond donors (Lipinski definition) is 2. The molecule has 130 valence electrons. The third kappa shape index (κ3) is 4.83. The molecule has 0 radical (unpaired) electrons. The maximum atomic E-state index is 4.96. The van der Waals surface area contributed by atoms with Crippen LogP contribution in [0.4, 0.5) is 5.69 Å². The second kappa shape index (κ2) is 8.86. The van der Waals surface area contributed by atoms with Crippen LogP contribution in [-0.4, -0.2) is 42.3 Å². The molecule has 1 aromatic carbocycles. The number of benzene rings is 1. The van der Waals surface area contributed by atoms with E-state index in [9.17, 15) is 0 Å². The summed E-state index contributed by atoms with van der Waals surface area (Å²) in [7, 11) is 1.76. The van der Waals surface area contributed by atoms with Crippen molar-refractivity contribution in [1.82, 2.24) is 20.8 Å². The molecule has 1 saturated heterocycles. The van der Waals surface area contributed by atoms with Crippen molar-refractivity contribution in [2.24, 2.45) is 4.99 Å². The molecule has 2 N–H and O–H groups in total. The van der Waals surface area contributed by atoms with Crippen molar-refractivity contribution in [1.29, 1.82) is 0 Å². The Bertz CT molecular complexity index is 660. The van der Waals surface area contributed by atoms with Crippen molar-refractivity contribution in [2.75, 3.05) is 25.0 Å². The molecule has 1 aromatic heterocycles. The summed E-state index contributed by atoms with van der Waals surface area (Å²) in [4.78, 5) is 10.8. The van der Waals surface area contributed by atoms with Crippen LogP contribution in [0.25, 0.3) is 0 Å². The Kier molecular flexibility index (Phi) is 6.83. The molecule has 3 rings (SSSR count). The van der Waals surface area contributed by atoms with Crippen LogP contribution in [0.1, 0.15) is 18.1 Å². The number of rotatable bonds is 4. The van der Waals surface area contributed by atoms with Crippen molar-refractivity contribution in [2.45, 2.75) is 25.9 Å². The second-order valence-corrected chi connectivity index (χ2v) is 5.57. The maximum absolute atomic E-state index is 4.96. The molecular weight excluding hydrogens is 419 g/mol. The number of aliphatic imine (C=N–C) groups is 1. The molecule has 0 bridgehead atoms. The number of para-hydroxylation sites is 1. The first-order chi connectivity index (χ1) is 11.2. The lowest BCUT2D eigenvalue weighted by molar-refractivity contribution is 0.386. The van der Waals surface area contributed by atoms with Gasteiger partial charge in [0.25, 0.3) is 0 Å². The first-order valence-electron chi connectivity index (χ1n) is 7.81. The van der Waals surface area contributed by atoms with Gasteiger partial charge in [-0.15, -0.1) is 24.0 Å². The molecule has 2 aromatic rings. The molecule has 0 aliphatic carbocycles. The van der Waals surface area contributed by atoms with E-state index in [0.717, 1.165) is 25.5 Å². The fourth-order valence-electron chi connectivity index (χ4n) is 2.72. The zero-order valence-corrected chi connectivity index (χ0v) is 16.2. The normalized spacial score (nSPS) is 17.5. The highest BCUT2D eigenvalue weighted by Gasteiger charge is 2.23. The molecule has 8 heteroatoms. The lowest BCUT2D eigenvalue weighted by Gasteiger charge is -2.20. The molecule has 1 aliphatic rings. The second-order valence-electron chi connectivity index (χ2n) is 5.57. The number of guanidine groups is 1. The van der Waals surface area contributed by atoms with E-state index >= 15 is 0 Å². The van der Waals surface area contributed by atoms with Gasteiger partial charge in [-0.25, -0.2) is 0 Å². The minimum Gasteiger partial charge on any atom is -0.369 e. The Morgan fingerprint density at radius 2 is 2.17 bits per heavy atom. The first-order valence-corrected chi connectivity index (χ1v) is 7.81. The number of nitrogens with zero attached hydrogens (tertiary/aromatic N) is 4. The molecule has 0 spiro atoms. The number of aryl methyl sites for hydroxylation is 1. The zero-order valence-electron chi connectivity index (χ0n) is 13.9. The fraction of sp³-hybridized carbons (Fsp3) is 0.438. The predicted octanol–water partition coefficient (Wildman–Crippen LogP) is 1.94. The van der Waals surface area contributed by atoms with E-state index in [1.165, 1.54) is 5.69 Å². The SMILES string of the molecule is CN=C(NCc1noc(C)n1)NC1CCN(c2ccccc2)C1.I. The number of aromatic nitrogens is 2. The monoisotopic (exact) mass is 442 g/mol.